The Bertz CT molecular complexity index is 787. The third-order valence-corrected chi connectivity index (χ3v) is 7.90. The van der Waals surface area contributed by atoms with Gasteiger partial charge in [0.2, 0.25) is 10.0 Å². The van der Waals surface area contributed by atoms with E-state index in [1.54, 1.807) is 0 Å². The van der Waals surface area contributed by atoms with E-state index in [1.807, 2.05) is 32.9 Å². The van der Waals surface area contributed by atoms with Crippen molar-refractivity contribution in [2.75, 3.05) is 10.5 Å². The average Bonchev–Trinajstić information content (AvgIpc) is 2.76. The van der Waals surface area contributed by atoms with Crippen LogP contribution in [0.4, 0.5) is 5.69 Å². The summed E-state index contributed by atoms with van der Waals surface area (Å²) in [4.78, 5) is 12.6. The van der Waals surface area contributed by atoms with Crippen LogP contribution < -0.4 is 4.72 Å². The second-order valence-corrected chi connectivity index (χ2v) is 10.0. The molecule has 0 amide bonds. The number of fused-ring (bicyclic) bond motifs is 2. The van der Waals surface area contributed by atoms with Crippen molar-refractivity contribution in [1.82, 2.24) is 0 Å². The first-order valence-corrected chi connectivity index (χ1v) is 10.3. The molecule has 0 radical (unpaired) electrons. The highest BCUT2D eigenvalue weighted by Crippen LogP contribution is 2.64. The number of carbonyl (C=O) groups is 1. The van der Waals surface area contributed by atoms with E-state index in [1.165, 1.54) is 0 Å². The third-order valence-electron chi connectivity index (χ3n) is 6.51. The molecule has 3 rings (SSSR count). The molecule has 0 heterocycles. The fourth-order valence-corrected chi connectivity index (χ4v) is 7.00. The summed E-state index contributed by atoms with van der Waals surface area (Å²) in [6, 6.07) is 3.94. The molecular formula is C19H27NO3S. The number of nitrogens with one attached hydrogen (secondary N) is 1. The molecule has 2 aliphatic carbocycles. The van der Waals surface area contributed by atoms with Crippen molar-refractivity contribution >= 4 is 21.5 Å². The Hall–Kier alpha value is -1.36. The number of aryl methyl sites for hydroxylation is 3. The number of sulfonamides is 1. The first-order chi connectivity index (χ1) is 11.0. The lowest BCUT2D eigenvalue weighted by Crippen LogP contribution is -2.43. The van der Waals surface area contributed by atoms with Crippen LogP contribution in [0.1, 0.15) is 49.8 Å². The second-order valence-electron chi connectivity index (χ2n) is 8.30. The lowest BCUT2D eigenvalue weighted by Gasteiger charge is -2.36. The van der Waals surface area contributed by atoms with Gasteiger partial charge in [-0.1, -0.05) is 31.5 Å². The van der Waals surface area contributed by atoms with E-state index in [9.17, 15) is 13.2 Å². The summed E-state index contributed by atoms with van der Waals surface area (Å²) in [5.41, 5.74) is 2.61. The Morgan fingerprint density at radius 3 is 2.21 bits per heavy atom. The molecule has 2 aliphatic rings. The maximum atomic E-state index is 12.9. The zero-order valence-corrected chi connectivity index (χ0v) is 16.0. The maximum Gasteiger partial charge on any atom is 0.233 e. The van der Waals surface area contributed by atoms with Crippen LogP contribution in [0.5, 0.6) is 0 Å². The first-order valence-electron chi connectivity index (χ1n) is 8.60. The van der Waals surface area contributed by atoms with E-state index in [0.29, 0.717) is 24.4 Å². The lowest BCUT2D eigenvalue weighted by atomic mass is 9.70. The van der Waals surface area contributed by atoms with Crippen LogP contribution in [0.2, 0.25) is 0 Å². The Labute approximate surface area is 145 Å². The molecule has 2 saturated carbocycles. The molecule has 0 aliphatic heterocycles. The highest BCUT2D eigenvalue weighted by Gasteiger charge is 2.65. The van der Waals surface area contributed by atoms with Gasteiger partial charge in [0.25, 0.3) is 0 Å². The van der Waals surface area contributed by atoms with E-state index in [-0.39, 0.29) is 17.0 Å². The number of benzene rings is 1. The quantitative estimate of drug-likeness (QED) is 0.900. The van der Waals surface area contributed by atoms with Gasteiger partial charge in [-0.15, -0.1) is 0 Å². The van der Waals surface area contributed by atoms with Gasteiger partial charge in [-0.3, -0.25) is 9.52 Å². The minimum atomic E-state index is -3.59. The van der Waals surface area contributed by atoms with Crippen molar-refractivity contribution in [1.29, 1.82) is 0 Å². The molecule has 1 N–H and O–H groups in total. The van der Waals surface area contributed by atoms with Gasteiger partial charge in [0.15, 0.2) is 0 Å². The Morgan fingerprint density at radius 1 is 1.17 bits per heavy atom. The third kappa shape index (κ3) is 2.48. The van der Waals surface area contributed by atoms with Crippen molar-refractivity contribution in [3.63, 3.8) is 0 Å². The van der Waals surface area contributed by atoms with E-state index in [0.717, 1.165) is 23.1 Å². The summed E-state index contributed by atoms with van der Waals surface area (Å²) in [6.07, 6.45) is 2.18. The van der Waals surface area contributed by atoms with Gasteiger partial charge in [-0.2, -0.15) is 0 Å². The van der Waals surface area contributed by atoms with Gasteiger partial charge < -0.3 is 0 Å². The molecule has 5 heteroatoms. The molecule has 1 aromatic carbocycles. The van der Waals surface area contributed by atoms with Gasteiger partial charge in [-0.05, 0) is 56.1 Å². The zero-order chi connectivity index (χ0) is 17.9. The fraction of sp³-hybridized carbons (Fsp3) is 0.632. The normalized spacial score (nSPS) is 28.4. The number of hydrogen-bond donors (Lipinski definition) is 1. The Kier molecular flexibility index (Phi) is 3.87. The summed E-state index contributed by atoms with van der Waals surface area (Å²) in [6.45, 7) is 9.94. The van der Waals surface area contributed by atoms with Crippen LogP contribution in [-0.2, 0) is 14.8 Å². The SMILES string of the molecule is Cc1cc(C)c(NS(=O)(=O)C[C@@]23CC[C@@H](CC2=O)C3(C)C)c(C)c1. The lowest BCUT2D eigenvalue weighted by molar-refractivity contribution is -0.128. The Morgan fingerprint density at radius 2 is 1.75 bits per heavy atom. The molecule has 0 spiro atoms. The molecule has 0 saturated heterocycles. The van der Waals surface area contributed by atoms with Crippen LogP contribution in [0.15, 0.2) is 12.1 Å². The summed E-state index contributed by atoms with van der Waals surface area (Å²) in [5, 5.41) is 0. The molecule has 2 fully saturated rings. The zero-order valence-electron chi connectivity index (χ0n) is 15.2. The smallest absolute Gasteiger partial charge is 0.233 e. The molecule has 24 heavy (non-hydrogen) atoms. The van der Waals surface area contributed by atoms with Crippen LogP contribution in [0, 0.1) is 37.5 Å². The molecule has 0 aromatic heterocycles. The summed E-state index contributed by atoms with van der Waals surface area (Å²) < 4.78 is 28.6. The van der Waals surface area contributed by atoms with E-state index < -0.39 is 15.4 Å². The van der Waals surface area contributed by atoms with Crippen LogP contribution >= 0.6 is 0 Å². The van der Waals surface area contributed by atoms with Crippen molar-refractivity contribution in [3.05, 3.63) is 28.8 Å². The minimum Gasteiger partial charge on any atom is -0.299 e. The highest BCUT2D eigenvalue weighted by molar-refractivity contribution is 7.92. The first kappa shape index (κ1) is 17.5. The largest absolute Gasteiger partial charge is 0.299 e. The van der Waals surface area contributed by atoms with E-state index in [2.05, 4.69) is 18.6 Å². The van der Waals surface area contributed by atoms with Gasteiger partial charge in [-0.25, -0.2) is 8.42 Å². The number of hydrogen-bond acceptors (Lipinski definition) is 3. The van der Waals surface area contributed by atoms with Gasteiger partial charge >= 0.3 is 0 Å². The van der Waals surface area contributed by atoms with Gasteiger partial charge in [0.1, 0.15) is 5.78 Å². The molecule has 0 unspecified atom stereocenters. The summed E-state index contributed by atoms with van der Waals surface area (Å²) in [5.74, 6) is 0.351. The van der Waals surface area contributed by atoms with Crippen LogP contribution in [-0.4, -0.2) is 20.0 Å². The molecule has 4 nitrogen and oxygen atoms in total. The van der Waals surface area contributed by atoms with Crippen LogP contribution in [0.25, 0.3) is 0 Å². The predicted molar refractivity (Wildman–Crippen MR) is 96.6 cm³/mol. The standard InChI is InChI=1S/C19H27NO3S/c1-12-8-13(2)17(14(3)9-12)20-24(22,23)11-19-7-6-15(10-16(19)21)18(19,4)5/h8-9,15,20H,6-7,10-11H2,1-5H3/t15-,19-/m0/s1. The van der Waals surface area contributed by atoms with Crippen molar-refractivity contribution in [2.45, 2.75) is 53.9 Å². The topological polar surface area (TPSA) is 63.2 Å². The number of rotatable bonds is 4. The fourth-order valence-electron chi connectivity index (χ4n) is 4.97. The highest BCUT2D eigenvalue weighted by atomic mass is 32.2. The van der Waals surface area contributed by atoms with Crippen LogP contribution in [0.3, 0.4) is 0 Å². The number of Topliss-reactive ketones (excluding diaryl/α,β-unsaturated/α-hetero) is 1. The molecule has 1 aromatic rings. The van der Waals surface area contributed by atoms with Crippen molar-refractivity contribution < 1.29 is 13.2 Å². The molecule has 2 bridgehead atoms. The molecule has 2 atom stereocenters. The minimum absolute atomic E-state index is 0.102. The predicted octanol–water partition coefficient (Wildman–Crippen LogP) is 3.75. The molecule has 132 valence electrons. The summed E-state index contributed by atoms with van der Waals surface area (Å²) >= 11 is 0. The maximum absolute atomic E-state index is 12.9. The summed E-state index contributed by atoms with van der Waals surface area (Å²) in [7, 11) is -3.59. The number of anilines is 1. The van der Waals surface area contributed by atoms with E-state index >= 15 is 0 Å². The van der Waals surface area contributed by atoms with Crippen molar-refractivity contribution in [2.24, 2.45) is 16.7 Å². The van der Waals surface area contributed by atoms with Crippen molar-refractivity contribution in [3.8, 4) is 0 Å². The van der Waals surface area contributed by atoms with Gasteiger partial charge in [0, 0.05) is 6.42 Å². The average molecular weight is 349 g/mol. The monoisotopic (exact) mass is 349 g/mol. The molecular weight excluding hydrogens is 322 g/mol. The van der Waals surface area contributed by atoms with E-state index in [4.69, 9.17) is 0 Å². The Balaban J connectivity index is 1.92. The second kappa shape index (κ2) is 5.32. The number of carbonyl (C=O) groups excluding carboxylic acids is 1. The van der Waals surface area contributed by atoms with Gasteiger partial charge in [0.05, 0.1) is 16.9 Å². The number of ketones is 1.